The molecule has 2 atom stereocenters. The van der Waals surface area contributed by atoms with Crippen LogP contribution in [-0.4, -0.2) is 27.4 Å². The topological polar surface area (TPSA) is 68.5 Å². The SMILES string of the molecule is OC[C@@H]1CC[C@H](n2c(NCc3ccc(-c4ccccc4)c(OCc4ccccc4)c3)nc3ccccc32)O1. The van der Waals surface area contributed by atoms with Gasteiger partial charge in [-0.3, -0.25) is 4.57 Å². The van der Waals surface area contributed by atoms with Crippen molar-refractivity contribution in [1.29, 1.82) is 0 Å². The van der Waals surface area contributed by atoms with Crippen molar-refractivity contribution in [3.8, 4) is 16.9 Å². The Morgan fingerprint density at radius 2 is 1.63 bits per heavy atom. The minimum absolute atomic E-state index is 0.0331. The van der Waals surface area contributed by atoms with E-state index in [1.54, 1.807) is 0 Å². The maximum atomic E-state index is 9.59. The second-order valence-corrected chi connectivity index (χ2v) is 9.59. The predicted octanol–water partition coefficient (Wildman–Crippen LogP) is 6.56. The molecule has 6 nitrogen and oxygen atoms in total. The Labute approximate surface area is 222 Å². The summed E-state index contributed by atoms with van der Waals surface area (Å²) >= 11 is 0. The van der Waals surface area contributed by atoms with E-state index < -0.39 is 0 Å². The van der Waals surface area contributed by atoms with Gasteiger partial charge in [0, 0.05) is 12.1 Å². The first kappa shape index (κ1) is 24.2. The van der Waals surface area contributed by atoms with Crippen LogP contribution in [0.25, 0.3) is 22.2 Å². The van der Waals surface area contributed by atoms with E-state index in [0.717, 1.165) is 57.8 Å². The second kappa shape index (κ2) is 11.1. The third kappa shape index (κ3) is 5.14. The molecule has 5 aromatic rings. The van der Waals surface area contributed by atoms with Crippen LogP contribution < -0.4 is 10.1 Å². The van der Waals surface area contributed by atoms with E-state index in [1.165, 1.54) is 0 Å². The quantitative estimate of drug-likeness (QED) is 0.237. The number of hydrogen-bond donors (Lipinski definition) is 2. The number of benzene rings is 4. The fraction of sp³-hybridized carbons (Fsp3) is 0.219. The van der Waals surface area contributed by atoms with E-state index in [1.807, 2.05) is 54.6 Å². The van der Waals surface area contributed by atoms with Gasteiger partial charge in [-0.05, 0) is 47.7 Å². The van der Waals surface area contributed by atoms with Crippen LogP contribution in [0.15, 0.2) is 103 Å². The number of hydrogen-bond acceptors (Lipinski definition) is 5. The minimum Gasteiger partial charge on any atom is -0.488 e. The molecule has 0 amide bonds. The maximum absolute atomic E-state index is 9.59. The van der Waals surface area contributed by atoms with Crippen molar-refractivity contribution in [3.63, 3.8) is 0 Å². The molecule has 2 heterocycles. The number of nitrogens with one attached hydrogen (secondary N) is 1. The maximum Gasteiger partial charge on any atom is 0.206 e. The molecule has 0 saturated carbocycles. The molecule has 0 unspecified atom stereocenters. The fourth-order valence-electron chi connectivity index (χ4n) is 5.04. The standard InChI is InChI=1S/C32H31N3O3/c36-21-26-16-18-31(38-26)35-29-14-8-7-13-28(29)34-32(35)33-20-24-15-17-27(25-11-5-2-6-12-25)30(19-24)37-22-23-9-3-1-4-10-23/h1-15,17,19,26,31,36H,16,18,20-22H2,(H,33,34)/t26-,31+/m0/s1. The summed E-state index contributed by atoms with van der Waals surface area (Å²) in [6.45, 7) is 1.11. The lowest BCUT2D eigenvalue weighted by Crippen LogP contribution is -2.16. The molecule has 6 heteroatoms. The van der Waals surface area contributed by atoms with Gasteiger partial charge in [-0.2, -0.15) is 0 Å². The van der Waals surface area contributed by atoms with E-state index in [-0.39, 0.29) is 18.9 Å². The summed E-state index contributed by atoms with van der Waals surface area (Å²) in [5.41, 5.74) is 6.33. The van der Waals surface area contributed by atoms with E-state index in [4.69, 9.17) is 14.5 Å². The highest BCUT2D eigenvalue weighted by Crippen LogP contribution is 2.35. The molecule has 38 heavy (non-hydrogen) atoms. The Bertz CT molecular complexity index is 1500. The van der Waals surface area contributed by atoms with Crippen molar-refractivity contribution in [2.75, 3.05) is 11.9 Å². The zero-order valence-corrected chi connectivity index (χ0v) is 21.2. The number of aliphatic hydroxyl groups excluding tert-OH is 1. The zero-order valence-electron chi connectivity index (χ0n) is 21.2. The van der Waals surface area contributed by atoms with Crippen LogP contribution in [0, 0.1) is 0 Å². The van der Waals surface area contributed by atoms with Crippen molar-refractivity contribution in [2.45, 2.75) is 38.3 Å². The first-order chi connectivity index (χ1) is 18.8. The monoisotopic (exact) mass is 505 g/mol. The van der Waals surface area contributed by atoms with Gasteiger partial charge in [0.25, 0.3) is 0 Å². The summed E-state index contributed by atoms with van der Waals surface area (Å²) in [5.74, 6) is 1.60. The second-order valence-electron chi connectivity index (χ2n) is 9.59. The van der Waals surface area contributed by atoms with Crippen LogP contribution in [0.5, 0.6) is 5.75 Å². The third-order valence-corrected chi connectivity index (χ3v) is 6.99. The van der Waals surface area contributed by atoms with Crippen molar-refractivity contribution in [2.24, 2.45) is 0 Å². The van der Waals surface area contributed by atoms with Gasteiger partial charge in [0.2, 0.25) is 5.95 Å². The number of para-hydroxylation sites is 2. The number of fused-ring (bicyclic) bond motifs is 1. The number of ether oxygens (including phenoxy) is 2. The van der Waals surface area contributed by atoms with Crippen molar-refractivity contribution in [1.82, 2.24) is 9.55 Å². The van der Waals surface area contributed by atoms with Gasteiger partial charge in [-0.15, -0.1) is 0 Å². The third-order valence-electron chi connectivity index (χ3n) is 6.99. The lowest BCUT2D eigenvalue weighted by Gasteiger charge is -2.18. The Kier molecular flexibility index (Phi) is 7.07. The molecule has 4 aromatic carbocycles. The van der Waals surface area contributed by atoms with Crippen LogP contribution in [0.1, 0.15) is 30.2 Å². The van der Waals surface area contributed by atoms with E-state index >= 15 is 0 Å². The molecule has 0 spiro atoms. The molecule has 1 saturated heterocycles. The molecule has 1 fully saturated rings. The Morgan fingerprint density at radius 3 is 2.42 bits per heavy atom. The molecule has 1 aliphatic rings. The summed E-state index contributed by atoms with van der Waals surface area (Å²) in [5, 5.41) is 13.1. The van der Waals surface area contributed by atoms with Crippen molar-refractivity contribution < 1.29 is 14.6 Å². The molecular formula is C32H31N3O3. The highest BCUT2D eigenvalue weighted by atomic mass is 16.5. The molecule has 0 bridgehead atoms. The van der Waals surface area contributed by atoms with Gasteiger partial charge in [0.1, 0.15) is 18.6 Å². The Balaban J connectivity index is 1.27. The van der Waals surface area contributed by atoms with Gasteiger partial charge >= 0.3 is 0 Å². The van der Waals surface area contributed by atoms with Gasteiger partial charge < -0.3 is 19.9 Å². The number of imidazole rings is 1. The number of anilines is 1. The molecule has 6 rings (SSSR count). The van der Waals surface area contributed by atoms with Crippen molar-refractivity contribution in [3.05, 3.63) is 114 Å². The highest BCUT2D eigenvalue weighted by Gasteiger charge is 2.29. The Morgan fingerprint density at radius 1 is 0.868 bits per heavy atom. The summed E-state index contributed by atoms with van der Waals surface area (Å²) in [4.78, 5) is 4.86. The molecular weight excluding hydrogens is 474 g/mol. The summed E-state index contributed by atoms with van der Waals surface area (Å²) < 4.78 is 14.6. The largest absolute Gasteiger partial charge is 0.488 e. The lowest BCUT2D eigenvalue weighted by atomic mass is 10.0. The van der Waals surface area contributed by atoms with Crippen LogP contribution >= 0.6 is 0 Å². The summed E-state index contributed by atoms with van der Waals surface area (Å²) in [6.07, 6.45) is 1.37. The van der Waals surface area contributed by atoms with Gasteiger partial charge in [-0.1, -0.05) is 84.9 Å². The Hall–Kier alpha value is -4.13. The zero-order chi connectivity index (χ0) is 25.7. The normalized spacial score (nSPS) is 17.1. The molecule has 0 radical (unpaired) electrons. The average Bonchev–Trinajstić information content (AvgIpc) is 3.60. The van der Waals surface area contributed by atoms with Crippen LogP contribution in [0.4, 0.5) is 5.95 Å². The van der Waals surface area contributed by atoms with Crippen LogP contribution in [0.2, 0.25) is 0 Å². The number of aliphatic hydroxyl groups is 1. The first-order valence-corrected chi connectivity index (χ1v) is 13.1. The number of rotatable bonds is 9. The number of aromatic nitrogens is 2. The average molecular weight is 506 g/mol. The van der Waals surface area contributed by atoms with Crippen LogP contribution in [-0.2, 0) is 17.9 Å². The molecule has 192 valence electrons. The lowest BCUT2D eigenvalue weighted by molar-refractivity contribution is -0.0195. The van der Waals surface area contributed by atoms with Gasteiger partial charge in [0.15, 0.2) is 0 Å². The predicted molar refractivity (Wildman–Crippen MR) is 150 cm³/mol. The minimum atomic E-state index is -0.160. The molecule has 0 aliphatic carbocycles. The number of nitrogens with zero attached hydrogens (tertiary/aromatic N) is 2. The van der Waals surface area contributed by atoms with E-state index in [2.05, 4.69) is 58.4 Å². The summed E-state index contributed by atoms with van der Waals surface area (Å²) in [6, 6.07) is 35.0. The molecule has 1 aromatic heterocycles. The summed E-state index contributed by atoms with van der Waals surface area (Å²) in [7, 11) is 0. The smallest absolute Gasteiger partial charge is 0.206 e. The van der Waals surface area contributed by atoms with Crippen LogP contribution in [0.3, 0.4) is 0 Å². The van der Waals surface area contributed by atoms with Gasteiger partial charge in [0.05, 0.1) is 23.7 Å². The van der Waals surface area contributed by atoms with E-state index in [0.29, 0.717) is 13.2 Å². The fourth-order valence-corrected chi connectivity index (χ4v) is 5.04. The molecule has 1 aliphatic heterocycles. The van der Waals surface area contributed by atoms with E-state index in [9.17, 15) is 5.11 Å². The highest BCUT2D eigenvalue weighted by molar-refractivity contribution is 5.79. The molecule has 2 N–H and O–H groups in total. The first-order valence-electron chi connectivity index (χ1n) is 13.1. The van der Waals surface area contributed by atoms with Gasteiger partial charge in [-0.25, -0.2) is 4.98 Å². The van der Waals surface area contributed by atoms with Crippen molar-refractivity contribution >= 4 is 17.0 Å².